The van der Waals surface area contributed by atoms with Crippen LogP contribution in [0.25, 0.3) is 0 Å². The number of piperazine rings is 1. The maximum atomic E-state index is 11.3. The molecule has 1 fully saturated rings. The molecule has 0 saturated carbocycles. The summed E-state index contributed by atoms with van der Waals surface area (Å²) >= 11 is 12.7. The van der Waals surface area contributed by atoms with Crippen molar-refractivity contribution < 1.29 is 15.0 Å². The number of carbonyl (C=O) groups is 1. The summed E-state index contributed by atoms with van der Waals surface area (Å²) in [5, 5.41) is 30.8. The first-order chi connectivity index (χ1) is 16.7. The third-order valence-corrected chi connectivity index (χ3v) is 6.95. The Morgan fingerprint density at radius 2 is 1.77 bits per heavy atom. The summed E-state index contributed by atoms with van der Waals surface area (Å²) < 4.78 is 0. The van der Waals surface area contributed by atoms with E-state index in [1.54, 1.807) is 31.2 Å². The van der Waals surface area contributed by atoms with Crippen LogP contribution < -0.4 is 4.90 Å². The Balaban J connectivity index is 1.60. The molecule has 3 aromatic carbocycles. The van der Waals surface area contributed by atoms with Crippen LogP contribution in [-0.4, -0.2) is 47.3 Å². The van der Waals surface area contributed by atoms with Gasteiger partial charge in [0.1, 0.15) is 0 Å². The Kier molecular flexibility index (Phi) is 7.34. The molecule has 0 unspecified atom stereocenters. The normalized spacial score (nSPS) is 18.0. The Labute approximate surface area is 214 Å². The Morgan fingerprint density at radius 3 is 2.37 bits per heavy atom. The van der Waals surface area contributed by atoms with E-state index in [4.69, 9.17) is 28.3 Å². The summed E-state index contributed by atoms with van der Waals surface area (Å²) in [7, 11) is 0. The molecule has 8 heteroatoms. The third kappa shape index (κ3) is 5.61. The monoisotopic (exact) mass is 509 g/mol. The second-order valence-electron chi connectivity index (χ2n) is 8.93. The minimum atomic E-state index is -1.17. The molecular weight excluding hydrogens is 485 g/mol. The number of nitriles is 1. The summed E-state index contributed by atoms with van der Waals surface area (Å²) in [6.07, 6.45) is 0. The number of carboxylic acid groups (broad SMARTS) is 1. The van der Waals surface area contributed by atoms with E-state index in [9.17, 15) is 15.2 Å². The predicted molar refractivity (Wildman–Crippen MR) is 137 cm³/mol. The highest BCUT2D eigenvalue weighted by atomic mass is 35.5. The van der Waals surface area contributed by atoms with Gasteiger partial charge in [-0.25, -0.2) is 4.79 Å². The smallest absolute Gasteiger partial charge is 0.335 e. The van der Waals surface area contributed by atoms with Crippen LogP contribution in [0.4, 0.5) is 5.69 Å². The van der Waals surface area contributed by atoms with Gasteiger partial charge in [-0.3, -0.25) is 4.90 Å². The maximum Gasteiger partial charge on any atom is 0.335 e. The number of anilines is 1. The number of hydrogen-bond acceptors (Lipinski definition) is 5. The van der Waals surface area contributed by atoms with E-state index in [0.717, 1.165) is 11.3 Å². The lowest BCUT2D eigenvalue weighted by molar-refractivity contribution is 0.0102. The van der Waals surface area contributed by atoms with Crippen LogP contribution in [0.2, 0.25) is 10.0 Å². The van der Waals surface area contributed by atoms with Gasteiger partial charge in [-0.05, 0) is 60.5 Å². The molecule has 2 atom stereocenters. The van der Waals surface area contributed by atoms with Crippen molar-refractivity contribution in [3.05, 3.63) is 99.0 Å². The molecule has 0 radical (unpaired) electrons. The van der Waals surface area contributed by atoms with Crippen molar-refractivity contribution >= 4 is 34.9 Å². The second-order valence-corrected chi connectivity index (χ2v) is 9.77. The van der Waals surface area contributed by atoms with E-state index in [0.29, 0.717) is 47.4 Å². The zero-order chi connectivity index (χ0) is 25.2. The van der Waals surface area contributed by atoms with Crippen molar-refractivity contribution in [2.75, 3.05) is 31.1 Å². The first-order valence-corrected chi connectivity index (χ1v) is 11.9. The number of β-amino-alcohol motifs (C(OH)–C–C–N with tert-alkyl or cyclic N) is 1. The summed E-state index contributed by atoms with van der Waals surface area (Å²) in [5.74, 6) is -1.00. The van der Waals surface area contributed by atoms with Gasteiger partial charge in [0, 0.05) is 31.2 Å². The van der Waals surface area contributed by atoms with Gasteiger partial charge in [0.15, 0.2) is 0 Å². The number of aliphatic hydroxyl groups is 1. The molecule has 0 spiro atoms. The summed E-state index contributed by atoms with van der Waals surface area (Å²) in [6.45, 7) is 4.08. The second kappa shape index (κ2) is 10.3. The van der Waals surface area contributed by atoms with E-state index in [-0.39, 0.29) is 11.6 Å². The standard InChI is InChI=1S/C27H25Cl2N3O3/c1-27(35,21-7-3-20(4-8-21)26(33)34)17-31-12-13-32(24-11-2-18(15-30)14-23(24)29)25(16-31)19-5-9-22(28)10-6-19/h2-11,14,25,35H,12-13,16-17H2,1H3,(H,33,34)/t25-,27+/m0/s1. The van der Waals surface area contributed by atoms with Gasteiger partial charge < -0.3 is 15.1 Å². The molecule has 0 bridgehead atoms. The zero-order valence-electron chi connectivity index (χ0n) is 19.2. The molecule has 0 aliphatic carbocycles. The number of benzene rings is 3. The van der Waals surface area contributed by atoms with E-state index in [1.807, 2.05) is 30.3 Å². The van der Waals surface area contributed by atoms with Crippen LogP contribution in [0.15, 0.2) is 66.7 Å². The van der Waals surface area contributed by atoms with E-state index in [2.05, 4.69) is 15.9 Å². The number of rotatable bonds is 6. The third-order valence-electron chi connectivity index (χ3n) is 6.39. The van der Waals surface area contributed by atoms with Crippen molar-refractivity contribution in [2.45, 2.75) is 18.6 Å². The minimum absolute atomic E-state index is 0.0587. The molecule has 1 aliphatic rings. The van der Waals surface area contributed by atoms with Gasteiger partial charge in [-0.1, -0.05) is 47.5 Å². The fraction of sp³-hybridized carbons (Fsp3) is 0.259. The summed E-state index contributed by atoms with van der Waals surface area (Å²) in [5.41, 5.74) is 2.08. The van der Waals surface area contributed by atoms with Crippen LogP contribution in [0.5, 0.6) is 0 Å². The molecule has 4 rings (SSSR count). The largest absolute Gasteiger partial charge is 0.478 e. The highest BCUT2D eigenvalue weighted by Crippen LogP contribution is 2.37. The van der Waals surface area contributed by atoms with Crippen LogP contribution in [0, 0.1) is 11.3 Å². The van der Waals surface area contributed by atoms with Crippen molar-refractivity contribution in [1.82, 2.24) is 4.90 Å². The molecule has 1 saturated heterocycles. The Morgan fingerprint density at radius 1 is 1.09 bits per heavy atom. The van der Waals surface area contributed by atoms with Crippen LogP contribution in [0.1, 0.15) is 40.0 Å². The van der Waals surface area contributed by atoms with E-state index < -0.39 is 11.6 Å². The zero-order valence-corrected chi connectivity index (χ0v) is 20.7. The number of halogens is 2. The maximum absolute atomic E-state index is 11.3. The van der Waals surface area contributed by atoms with Gasteiger partial charge in [-0.15, -0.1) is 0 Å². The average Bonchev–Trinajstić information content (AvgIpc) is 2.84. The highest BCUT2D eigenvalue weighted by molar-refractivity contribution is 6.33. The molecular formula is C27H25Cl2N3O3. The van der Waals surface area contributed by atoms with Gasteiger partial charge in [0.25, 0.3) is 0 Å². The lowest BCUT2D eigenvalue weighted by Gasteiger charge is -2.45. The molecule has 6 nitrogen and oxygen atoms in total. The molecule has 0 amide bonds. The average molecular weight is 510 g/mol. The van der Waals surface area contributed by atoms with Crippen molar-refractivity contribution in [1.29, 1.82) is 5.26 Å². The predicted octanol–water partition coefficient (Wildman–Crippen LogP) is 5.33. The topological polar surface area (TPSA) is 87.8 Å². The lowest BCUT2D eigenvalue weighted by Crippen LogP contribution is -2.52. The number of carboxylic acids is 1. The van der Waals surface area contributed by atoms with Crippen LogP contribution in [0.3, 0.4) is 0 Å². The molecule has 1 aliphatic heterocycles. The highest BCUT2D eigenvalue weighted by Gasteiger charge is 2.34. The Hall–Kier alpha value is -3.08. The van der Waals surface area contributed by atoms with E-state index in [1.165, 1.54) is 12.1 Å². The fourth-order valence-corrected chi connectivity index (χ4v) is 4.96. The van der Waals surface area contributed by atoms with Gasteiger partial charge in [0.2, 0.25) is 0 Å². The van der Waals surface area contributed by atoms with Crippen LogP contribution >= 0.6 is 23.2 Å². The van der Waals surface area contributed by atoms with Gasteiger partial charge in [-0.2, -0.15) is 5.26 Å². The van der Waals surface area contributed by atoms with E-state index >= 15 is 0 Å². The van der Waals surface area contributed by atoms with Gasteiger partial charge in [0.05, 0.1) is 39.5 Å². The number of hydrogen-bond donors (Lipinski definition) is 2. The van der Waals surface area contributed by atoms with Crippen molar-refractivity contribution in [3.8, 4) is 6.07 Å². The van der Waals surface area contributed by atoms with Crippen LogP contribution in [-0.2, 0) is 5.60 Å². The molecule has 3 aromatic rings. The molecule has 180 valence electrons. The number of aromatic carboxylic acids is 1. The molecule has 1 heterocycles. The molecule has 2 N–H and O–H groups in total. The quantitative estimate of drug-likeness (QED) is 0.466. The Bertz CT molecular complexity index is 1250. The summed E-state index contributed by atoms with van der Waals surface area (Å²) in [6, 6.07) is 21.4. The number of nitrogens with zero attached hydrogens (tertiary/aromatic N) is 3. The van der Waals surface area contributed by atoms with Crippen molar-refractivity contribution in [3.63, 3.8) is 0 Å². The van der Waals surface area contributed by atoms with Crippen molar-refractivity contribution in [2.24, 2.45) is 0 Å². The fourth-order valence-electron chi connectivity index (χ4n) is 4.55. The first-order valence-electron chi connectivity index (χ1n) is 11.2. The molecule has 0 aromatic heterocycles. The SMILES string of the molecule is C[C@@](O)(CN1CCN(c2ccc(C#N)cc2Cl)[C@H](c2ccc(Cl)cc2)C1)c1ccc(C(=O)O)cc1. The minimum Gasteiger partial charge on any atom is -0.478 e. The summed E-state index contributed by atoms with van der Waals surface area (Å²) in [4.78, 5) is 15.6. The molecule has 35 heavy (non-hydrogen) atoms. The first kappa shape index (κ1) is 25.0. The van der Waals surface area contributed by atoms with Gasteiger partial charge >= 0.3 is 5.97 Å². The lowest BCUT2D eigenvalue weighted by atomic mass is 9.93.